The summed E-state index contributed by atoms with van der Waals surface area (Å²) in [5, 5.41) is 0. The van der Waals surface area contributed by atoms with Crippen molar-refractivity contribution in [1.29, 1.82) is 0 Å². The maximum absolute atomic E-state index is 13.1. The zero-order valence-electron chi connectivity index (χ0n) is 16.5. The fourth-order valence-corrected chi connectivity index (χ4v) is 3.94. The lowest BCUT2D eigenvalue weighted by Gasteiger charge is -2.43. The van der Waals surface area contributed by atoms with Crippen molar-refractivity contribution in [3.05, 3.63) is 72.1 Å². The average Bonchev–Trinajstić information content (AvgIpc) is 2.79. The number of aromatic nitrogens is 1. The molecular formula is C23H27N3O3. The summed E-state index contributed by atoms with van der Waals surface area (Å²) in [5.74, 6) is -0.00187. The largest absolute Gasteiger partial charge is 0.379 e. The Hall–Kier alpha value is -2.54. The van der Waals surface area contributed by atoms with Gasteiger partial charge in [0.1, 0.15) is 0 Å². The number of carbonyl (C=O) groups is 1. The molecule has 3 heterocycles. The quantitative estimate of drug-likeness (QED) is 0.730. The van der Waals surface area contributed by atoms with E-state index in [1.807, 2.05) is 59.6 Å². The Morgan fingerprint density at radius 3 is 2.66 bits per heavy atom. The summed E-state index contributed by atoms with van der Waals surface area (Å²) in [6.07, 6.45) is 7.03. The van der Waals surface area contributed by atoms with Gasteiger partial charge in [-0.3, -0.25) is 14.7 Å². The summed E-state index contributed by atoms with van der Waals surface area (Å²) < 4.78 is 11.6. The number of nitrogens with zero attached hydrogens (tertiary/aromatic N) is 3. The van der Waals surface area contributed by atoms with Crippen LogP contribution >= 0.6 is 0 Å². The molecule has 1 aromatic heterocycles. The molecule has 152 valence electrons. The summed E-state index contributed by atoms with van der Waals surface area (Å²) in [5.41, 5.74) is 2.02. The zero-order valence-corrected chi connectivity index (χ0v) is 16.5. The molecule has 6 nitrogen and oxygen atoms in total. The first-order chi connectivity index (χ1) is 14.3. The van der Waals surface area contributed by atoms with Crippen LogP contribution in [0.4, 0.5) is 0 Å². The fraction of sp³-hybridized carbons (Fsp3) is 0.391. The van der Waals surface area contributed by atoms with E-state index in [0.717, 1.165) is 44.0 Å². The molecule has 2 fully saturated rings. The van der Waals surface area contributed by atoms with Crippen molar-refractivity contribution in [3.63, 3.8) is 0 Å². The second kappa shape index (κ2) is 9.78. The van der Waals surface area contributed by atoms with Gasteiger partial charge in [0.15, 0.2) is 0 Å². The first-order valence-corrected chi connectivity index (χ1v) is 10.2. The Bertz CT molecular complexity index is 807. The number of hydrogen-bond donors (Lipinski definition) is 0. The molecule has 0 N–H and O–H groups in total. The maximum Gasteiger partial charge on any atom is 0.247 e. The van der Waals surface area contributed by atoms with Crippen molar-refractivity contribution in [3.8, 4) is 0 Å². The molecule has 2 atom stereocenters. The number of amides is 1. The highest BCUT2D eigenvalue weighted by Crippen LogP contribution is 2.30. The minimum absolute atomic E-state index is 0.00187. The lowest BCUT2D eigenvalue weighted by Crippen LogP contribution is -2.52. The number of benzene rings is 1. The molecule has 0 unspecified atom stereocenters. The zero-order chi connectivity index (χ0) is 19.9. The Morgan fingerprint density at radius 1 is 1.07 bits per heavy atom. The molecule has 29 heavy (non-hydrogen) atoms. The average molecular weight is 393 g/mol. The predicted molar refractivity (Wildman–Crippen MR) is 111 cm³/mol. The third-order valence-corrected chi connectivity index (χ3v) is 5.42. The van der Waals surface area contributed by atoms with Gasteiger partial charge in [-0.2, -0.15) is 0 Å². The number of ether oxygens (including phenoxy) is 2. The van der Waals surface area contributed by atoms with Crippen molar-refractivity contribution in [2.45, 2.75) is 12.1 Å². The number of hydrogen-bond acceptors (Lipinski definition) is 5. The molecule has 0 spiro atoms. The van der Waals surface area contributed by atoms with E-state index in [2.05, 4.69) is 9.88 Å². The van der Waals surface area contributed by atoms with E-state index in [0.29, 0.717) is 13.2 Å². The third-order valence-electron chi connectivity index (χ3n) is 5.42. The first kappa shape index (κ1) is 19.8. The summed E-state index contributed by atoms with van der Waals surface area (Å²) in [6, 6.07) is 13.7. The third kappa shape index (κ3) is 5.09. The molecule has 0 saturated carbocycles. The second-order valence-corrected chi connectivity index (χ2v) is 7.33. The van der Waals surface area contributed by atoms with Crippen LogP contribution in [-0.4, -0.2) is 72.8 Å². The van der Waals surface area contributed by atoms with Crippen molar-refractivity contribution < 1.29 is 14.3 Å². The van der Waals surface area contributed by atoms with Crippen LogP contribution in [0.1, 0.15) is 17.2 Å². The van der Waals surface area contributed by atoms with Crippen molar-refractivity contribution in [1.82, 2.24) is 14.8 Å². The Labute approximate surface area is 171 Å². The van der Waals surface area contributed by atoms with Gasteiger partial charge in [0, 0.05) is 44.6 Å². The fourth-order valence-electron chi connectivity index (χ4n) is 3.94. The van der Waals surface area contributed by atoms with Gasteiger partial charge >= 0.3 is 0 Å². The van der Waals surface area contributed by atoms with Gasteiger partial charge in [-0.05, 0) is 23.3 Å². The predicted octanol–water partition coefficient (Wildman–Crippen LogP) is 2.40. The van der Waals surface area contributed by atoms with Crippen LogP contribution in [0.2, 0.25) is 0 Å². The molecule has 2 aliphatic heterocycles. The van der Waals surface area contributed by atoms with Crippen LogP contribution < -0.4 is 0 Å². The maximum atomic E-state index is 13.1. The molecule has 0 bridgehead atoms. The summed E-state index contributed by atoms with van der Waals surface area (Å²) >= 11 is 0. The lowest BCUT2D eigenvalue weighted by molar-refractivity contribution is -0.144. The smallest absolute Gasteiger partial charge is 0.247 e. The summed E-state index contributed by atoms with van der Waals surface area (Å²) in [7, 11) is 0. The van der Waals surface area contributed by atoms with E-state index in [4.69, 9.17) is 9.47 Å². The lowest BCUT2D eigenvalue weighted by atomic mass is 9.98. The van der Waals surface area contributed by atoms with E-state index in [1.54, 1.807) is 12.3 Å². The Balaban J connectivity index is 1.55. The highest BCUT2D eigenvalue weighted by atomic mass is 16.5. The van der Waals surface area contributed by atoms with E-state index < -0.39 is 0 Å². The molecule has 1 aromatic carbocycles. The van der Waals surface area contributed by atoms with Gasteiger partial charge in [-0.15, -0.1) is 0 Å². The number of morpholine rings is 2. The highest BCUT2D eigenvalue weighted by molar-refractivity contribution is 5.92. The molecular weight excluding hydrogens is 366 g/mol. The van der Waals surface area contributed by atoms with Crippen LogP contribution in [-0.2, 0) is 14.3 Å². The van der Waals surface area contributed by atoms with Gasteiger partial charge in [0.2, 0.25) is 5.91 Å². The summed E-state index contributed by atoms with van der Waals surface area (Å²) in [4.78, 5) is 21.7. The second-order valence-electron chi connectivity index (χ2n) is 7.33. The molecule has 2 saturated heterocycles. The van der Waals surface area contributed by atoms with Gasteiger partial charge in [0.25, 0.3) is 0 Å². The number of pyridine rings is 1. The minimum atomic E-state index is -0.159. The molecule has 1 amide bonds. The molecule has 0 radical (unpaired) electrons. The van der Waals surface area contributed by atoms with Gasteiger partial charge in [0.05, 0.1) is 32.0 Å². The Morgan fingerprint density at radius 2 is 1.90 bits per heavy atom. The molecule has 4 rings (SSSR count). The van der Waals surface area contributed by atoms with E-state index in [1.165, 1.54) is 0 Å². The van der Waals surface area contributed by atoms with E-state index >= 15 is 0 Å². The first-order valence-electron chi connectivity index (χ1n) is 10.2. The van der Waals surface area contributed by atoms with Crippen molar-refractivity contribution in [2.75, 3.05) is 46.0 Å². The van der Waals surface area contributed by atoms with Crippen molar-refractivity contribution >= 4 is 12.0 Å². The minimum Gasteiger partial charge on any atom is -0.379 e. The van der Waals surface area contributed by atoms with Crippen LogP contribution in [0.25, 0.3) is 6.08 Å². The van der Waals surface area contributed by atoms with Crippen LogP contribution in [0.5, 0.6) is 0 Å². The van der Waals surface area contributed by atoms with Crippen LogP contribution in [0.3, 0.4) is 0 Å². The number of carbonyl (C=O) groups excluding carboxylic acids is 1. The molecule has 2 aliphatic rings. The normalized spacial score (nSPS) is 23.4. The molecule has 6 heteroatoms. The topological polar surface area (TPSA) is 54.9 Å². The van der Waals surface area contributed by atoms with Gasteiger partial charge < -0.3 is 14.4 Å². The Kier molecular flexibility index (Phi) is 6.67. The highest BCUT2D eigenvalue weighted by Gasteiger charge is 2.37. The van der Waals surface area contributed by atoms with E-state index in [-0.39, 0.29) is 18.1 Å². The molecule has 2 aromatic rings. The summed E-state index contributed by atoms with van der Waals surface area (Å²) in [6.45, 7) is 5.14. The van der Waals surface area contributed by atoms with E-state index in [9.17, 15) is 4.79 Å². The van der Waals surface area contributed by atoms with Crippen LogP contribution in [0.15, 0.2) is 60.9 Å². The number of rotatable bonds is 5. The van der Waals surface area contributed by atoms with Crippen LogP contribution in [0, 0.1) is 0 Å². The van der Waals surface area contributed by atoms with Crippen molar-refractivity contribution in [2.24, 2.45) is 0 Å². The standard InChI is InChI=1S/C23H27N3O3/c27-22(9-8-19-5-2-1-3-6-19)26-13-16-29-21(18-25-11-14-28-15-12-25)23(26)20-7-4-10-24-17-20/h1-10,17,21,23H,11-16,18H2/b9-8+/t21-,23-/m0/s1. The SMILES string of the molecule is O=C(/C=C/c1ccccc1)N1CCO[C@@H](CN2CCOCC2)[C@@H]1c1cccnc1. The monoisotopic (exact) mass is 393 g/mol. The molecule has 0 aliphatic carbocycles. The van der Waals surface area contributed by atoms with Gasteiger partial charge in [-0.25, -0.2) is 0 Å². The van der Waals surface area contributed by atoms with Gasteiger partial charge in [-0.1, -0.05) is 36.4 Å².